The van der Waals surface area contributed by atoms with Crippen molar-refractivity contribution in [3.63, 3.8) is 0 Å². The molecule has 1 aromatic carbocycles. The zero-order chi connectivity index (χ0) is 21.4. The smallest absolute Gasteiger partial charge is 0.343 e. The third kappa shape index (κ3) is 5.93. The molecular formula is C21H20ClF2N5O. The number of benzene rings is 1. The molecule has 9 heteroatoms. The number of alkyl halides is 2. The van der Waals surface area contributed by atoms with Gasteiger partial charge in [0.15, 0.2) is 0 Å². The lowest BCUT2D eigenvalue weighted by Gasteiger charge is -2.12. The Morgan fingerprint density at radius 1 is 1.17 bits per heavy atom. The van der Waals surface area contributed by atoms with E-state index in [9.17, 15) is 13.6 Å². The van der Waals surface area contributed by atoms with Crippen LogP contribution >= 0.6 is 11.6 Å². The van der Waals surface area contributed by atoms with E-state index in [1.807, 2.05) is 0 Å². The summed E-state index contributed by atoms with van der Waals surface area (Å²) in [4.78, 5) is 15.8. The summed E-state index contributed by atoms with van der Waals surface area (Å²) >= 11 is 6.04. The maximum atomic E-state index is 13.9. The number of hydrogen-bond acceptors (Lipinski definition) is 4. The molecular weight excluding hydrogens is 412 g/mol. The number of carbonyl (C=O) groups is 1. The highest BCUT2D eigenvalue weighted by Gasteiger charge is 2.35. The van der Waals surface area contributed by atoms with Crippen LogP contribution in [0.2, 0.25) is 5.15 Å². The summed E-state index contributed by atoms with van der Waals surface area (Å²) in [5.41, 5.74) is 1.89. The molecule has 3 rings (SSSR count). The van der Waals surface area contributed by atoms with Crippen LogP contribution in [0, 0.1) is 0 Å². The second-order valence-corrected chi connectivity index (χ2v) is 6.90. The van der Waals surface area contributed by atoms with Gasteiger partial charge in [-0.1, -0.05) is 53.2 Å². The Bertz CT molecular complexity index is 1010. The minimum Gasteiger partial charge on any atom is -0.351 e. The van der Waals surface area contributed by atoms with Gasteiger partial charge >= 0.3 is 5.92 Å². The highest BCUT2D eigenvalue weighted by molar-refractivity contribution is 6.31. The number of hydrogen-bond donors (Lipinski definition) is 1. The number of carbonyl (C=O) groups excluding carboxylic acids is 1. The number of unbranched alkanes of at least 4 members (excludes halogenated alkanes) is 1. The molecule has 0 atom stereocenters. The van der Waals surface area contributed by atoms with Crippen molar-refractivity contribution < 1.29 is 13.6 Å². The average Bonchev–Trinajstić information content (AvgIpc) is 3.21. The molecule has 0 aliphatic heterocycles. The van der Waals surface area contributed by atoms with E-state index in [0.717, 1.165) is 0 Å². The van der Waals surface area contributed by atoms with Gasteiger partial charge in [0.2, 0.25) is 0 Å². The topological polar surface area (TPSA) is 72.7 Å². The summed E-state index contributed by atoms with van der Waals surface area (Å²) in [6.45, 7) is 0.675. The SMILES string of the molecule is O=C(NCCCCn1cc(-c2cccnc2Cl)nn1)C(F)(F)/C=C/c1ccccc1. The van der Waals surface area contributed by atoms with E-state index in [1.54, 1.807) is 59.5 Å². The zero-order valence-electron chi connectivity index (χ0n) is 16.0. The van der Waals surface area contributed by atoms with Gasteiger partial charge in [-0.2, -0.15) is 8.78 Å². The molecule has 0 aliphatic rings. The van der Waals surface area contributed by atoms with Crippen LogP contribution in [-0.4, -0.2) is 38.4 Å². The van der Waals surface area contributed by atoms with Gasteiger partial charge in [-0.05, 0) is 36.6 Å². The van der Waals surface area contributed by atoms with Gasteiger partial charge in [0.1, 0.15) is 10.8 Å². The monoisotopic (exact) mass is 431 g/mol. The van der Waals surface area contributed by atoms with Crippen LogP contribution in [-0.2, 0) is 11.3 Å². The van der Waals surface area contributed by atoms with E-state index in [2.05, 4.69) is 20.6 Å². The van der Waals surface area contributed by atoms with Crippen molar-refractivity contribution in [2.24, 2.45) is 0 Å². The van der Waals surface area contributed by atoms with Crippen LogP contribution in [0.4, 0.5) is 8.78 Å². The Morgan fingerprint density at radius 3 is 2.73 bits per heavy atom. The molecule has 0 radical (unpaired) electrons. The van der Waals surface area contributed by atoms with Gasteiger partial charge in [-0.25, -0.2) is 4.98 Å². The fraction of sp³-hybridized carbons (Fsp3) is 0.238. The standard InChI is InChI=1S/C21H20ClF2N5O/c22-19-17(9-6-13-25-19)18-15-29(28-27-18)14-5-4-12-26-20(30)21(23,24)11-10-16-7-2-1-3-8-16/h1-3,6-11,13,15H,4-5,12,14H2,(H,26,30)/b11-10+. The average molecular weight is 432 g/mol. The number of halogens is 3. The minimum absolute atomic E-state index is 0.142. The summed E-state index contributed by atoms with van der Waals surface area (Å²) in [5.74, 6) is -4.89. The number of aryl methyl sites for hydroxylation is 1. The van der Waals surface area contributed by atoms with Crippen molar-refractivity contribution in [3.8, 4) is 11.3 Å². The molecule has 3 aromatic rings. The first-order valence-corrected chi connectivity index (χ1v) is 9.75. The maximum Gasteiger partial charge on any atom is 0.343 e. The number of nitrogens with one attached hydrogen (secondary N) is 1. The number of aromatic nitrogens is 4. The van der Waals surface area contributed by atoms with E-state index in [0.29, 0.717) is 47.4 Å². The highest BCUT2D eigenvalue weighted by atomic mass is 35.5. The Hall–Kier alpha value is -3.13. The van der Waals surface area contributed by atoms with Crippen LogP contribution in [0.25, 0.3) is 17.3 Å². The normalized spacial score (nSPS) is 11.7. The second kappa shape index (κ2) is 10.1. The number of nitrogens with zero attached hydrogens (tertiary/aromatic N) is 4. The summed E-state index contributed by atoms with van der Waals surface area (Å²) in [5, 5.41) is 10.7. The predicted octanol–water partition coefficient (Wildman–Crippen LogP) is 4.24. The molecule has 6 nitrogen and oxygen atoms in total. The lowest BCUT2D eigenvalue weighted by Crippen LogP contribution is -2.39. The largest absolute Gasteiger partial charge is 0.351 e. The molecule has 0 saturated heterocycles. The lowest BCUT2D eigenvalue weighted by atomic mass is 10.2. The van der Waals surface area contributed by atoms with Gasteiger partial charge in [0.25, 0.3) is 5.91 Å². The fourth-order valence-corrected chi connectivity index (χ4v) is 2.88. The van der Waals surface area contributed by atoms with Crippen molar-refractivity contribution in [1.29, 1.82) is 0 Å². The van der Waals surface area contributed by atoms with E-state index in [4.69, 9.17) is 11.6 Å². The Morgan fingerprint density at radius 2 is 1.97 bits per heavy atom. The third-order valence-corrected chi connectivity index (χ3v) is 4.56. The van der Waals surface area contributed by atoms with Gasteiger partial charge in [-0.15, -0.1) is 5.10 Å². The van der Waals surface area contributed by atoms with E-state index < -0.39 is 11.8 Å². The molecule has 1 N–H and O–H groups in total. The fourth-order valence-electron chi connectivity index (χ4n) is 2.67. The van der Waals surface area contributed by atoms with Crippen LogP contribution < -0.4 is 5.32 Å². The molecule has 0 bridgehead atoms. The molecule has 0 aliphatic carbocycles. The van der Waals surface area contributed by atoms with E-state index in [1.165, 1.54) is 6.08 Å². The molecule has 1 amide bonds. The molecule has 30 heavy (non-hydrogen) atoms. The molecule has 2 heterocycles. The van der Waals surface area contributed by atoms with Gasteiger partial charge in [0, 0.05) is 24.8 Å². The molecule has 2 aromatic heterocycles. The van der Waals surface area contributed by atoms with Gasteiger partial charge < -0.3 is 5.32 Å². The Balaban J connectivity index is 1.41. The maximum absolute atomic E-state index is 13.9. The quantitative estimate of drug-likeness (QED) is 0.406. The van der Waals surface area contributed by atoms with Crippen molar-refractivity contribution in [3.05, 3.63) is 71.7 Å². The first kappa shape index (κ1) is 21.6. The first-order chi connectivity index (χ1) is 14.5. The number of rotatable bonds is 9. The van der Waals surface area contributed by atoms with Crippen molar-refractivity contribution in [2.75, 3.05) is 6.54 Å². The molecule has 0 saturated carbocycles. The zero-order valence-corrected chi connectivity index (χ0v) is 16.8. The van der Waals surface area contributed by atoms with Crippen molar-refractivity contribution >= 4 is 23.6 Å². The van der Waals surface area contributed by atoms with Crippen LogP contribution in [0.5, 0.6) is 0 Å². The second-order valence-electron chi connectivity index (χ2n) is 6.54. The first-order valence-electron chi connectivity index (χ1n) is 9.37. The van der Waals surface area contributed by atoms with Crippen molar-refractivity contribution in [1.82, 2.24) is 25.3 Å². The number of pyridine rings is 1. The van der Waals surface area contributed by atoms with Gasteiger partial charge in [-0.3, -0.25) is 9.48 Å². The molecule has 156 valence electrons. The van der Waals surface area contributed by atoms with Crippen molar-refractivity contribution in [2.45, 2.75) is 25.3 Å². The van der Waals surface area contributed by atoms with Crippen LogP contribution in [0.15, 0.2) is 60.9 Å². The predicted molar refractivity (Wildman–Crippen MR) is 111 cm³/mol. The summed E-state index contributed by atoms with van der Waals surface area (Å²) in [6.07, 6.45) is 6.33. The number of amides is 1. The minimum atomic E-state index is -3.57. The van der Waals surface area contributed by atoms with E-state index >= 15 is 0 Å². The van der Waals surface area contributed by atoms with Crippen LogP contribution in [0.3, 0.4) is 0 Å². The Labute approximate surface area is 177 Å². The van der Waals surface area contributed by atoms with Crippen LogP contribution in [0.1, 0.15) is 18.4 Å². The molecule has 0 spiro atoms. The summed E-state index contributed by atoms with van der Waals surface area (Å²) in [6, 6.07) is 12.2. The highest BCUT2D eigenvalue weighted by Crippen LogP contribution is 2.23. The molecule has 0 unspecified atom stereocenters. The molecule has 0 fully saturated rings. The van der Waals surface area contributed by atoms with E-state index in [-0.39, 0.29) is 6.54 Å². The van der Waals surface area contributed by atoms with Gasteiger partial charge in [0.05, 0.1) is 6.20 Å². The Kier molecular flexibility index (Phi) is 7.24. The summed E-state index contributed by atoms with van der Waals surface area (Å²) in [7, 11) is 0. The third-order valence-electron chi connectivity index (χ3n) is 4.26. The summed E-state index contributed by atoms with van der Waals surface area (Å²) < 4.78 is 29.5. The lowest BCUT2D eigenvalue weighted by molar-refractivity contribution is -0.139.